The molecule has 18 heteroatoms. The Morgan fingerprint density at radius 2 is 1.83 bits per heavy atom. The van der Waals surface area contributed by atoms with E-state index in [1.807, 2.05) is 0 Å². The van der Waals surface area contributed by atoms with Gasteiger partial charge in [0.25, 0.3) is 5.56 Å². The predicted octanol–water partition coefficient (Wildman–Crippen LogP) is -0.104. The molecule has 0 amide bonds. The van der Waals surface area contributed by atoms with E-state index in [-0.39, 0.29) is 17.4 Å². The summed E-state index contributed by atoms with van der Waals surface area (Å²) in [5.41, 5.74) is -2.02. The van der Waals surface area contributed by atoms with Gasteiger partial charge < -0.3 is 24.3 Å². The van der Waals surface area contributed by atoms with Crippen LogP contribution in [-0.2, 0) is 37.3 Å². The molecular formula is C12H19N2O13P3. The zero-order valence-corrected chi connectivity index (χ0v) is 18.2. The Kier molecular flexibility index (Phi) is 5.99. The summed E-state index contributed by atoms with van der Waals surface area (Å²) in [7, 11) is -16.4. The number of nitrogens with one attached hydrogen (secondary N) is 1. The molecule has 0 aromatic carbocycles. The van der Waals surface area contributed by atoms with Gasteiger partial charge in [-0.15, -0.1) is 0 Å². The number of hydrogen-bond acceptors (Lipinski definition) is 9. The van der Waals surface area contributed by atoms with E-state index in [4.69, 9.17) is 19.4 Å². The van der Waals surface area contributed by atoms with Crippen LogP contribution in [0.1, 0.15) is 18.9 Å². The molecule has 1 aromatic heterocycles. The molecule has 1 aliphatic carbocycles. The monoisotopic (exact) mass is 492 g/mol. The first-order valence-electron chi connectivity index (χ1n) is 8.34. The zero-order valence-electron chi connectivity index (χ0n) is 15.5. The van der Waals surface area contributed by atoms with Gasteiger partial charge in [0.15, 0.2) is 5.72 Å². The second-order valence-corrected chi connectivity index (χ2v) is 11.4. The molecule has 5 N–H and O–H groups in total. The maximum Gasteiger partial charge on any atom is 0.490 e. The van der Waals surface area contributed by atoms with E-state index in [2.05, 4.69) is 18.1 Å². The van der Waals surface area contributed by atoms with Crippen molar-refractivity contribution in [2.75, 3.05) is 6.61 Å². The van der Waals surface area contributed by atoms with Crippen molar-refractivity contribution in [3.8, 4) is 0 Å². The summed E-state index contributed by atoms with van der Waals surface area (Å²) in [5, 5.41) is 0. The number of aromatic nitrogens is 2. The highest BCUT2D eigenvalue weighted by Crippen LogP contribution is 2.67. The van der Waals surface area contributed by atoms with Crippen LogP contribution in [0.15, 0.2) is 15.8 Å². The summed E-state index contributed by atoms with van der Waals surface area (Å²) < 4.78 is 52.8. The number of H-pyrrole nitrogens is 1. The lowest BCUT2D eigenvalue weighted by atomic mass is 10.0. The maximum absolute atomic E-state index is 12.2. The lowest BCUT2D eigenvalue weighted by Gasteiger charge is -2.23. The van der Waals surface area contributed by atoms with Gasteiger partial charge in [0.05, 0.1) is 12.7 Å². The quantitative estimate of drug-likeness (QED) is 0.299. The number of phosphoric acid groups is 3. The Morgan fingerprint density at radius 1 is 1.20 bits per heavy atom. The lowest BCUT2D eigenvalue weighted by Crippen LogP contribution is -2.39. The average molecular weight is 492 g/mol. The summed E-state index contributed by atoms with van der Waals surface area (Å²) in [6, 6.07) is 0. The van der Waals surface area contributed by atoms with Gasteiger partial charge in [-0.2, -0.15) is 8.62 Å². The summed E-state index contributed by atoms with van der Waals surface area (Å²) in [6.07, 6.45) is 0.955. The van der Waals surface area contributed by atoms with Crippen LogP contribution in [0.2, 0.25) is 0 Å². The second kappa shape index (κ2) is 7.58. The summed E-state index contributed by atoms with van der Waals surface area (Å²) in [4.78, 5) is 61.6. The van der Waals surface area contributed by atoms with E-state index >= 15 is 0 Å². The van der Waals surface area contributed by atoms with Crippen molar-refractivity contribution in [1.29, 1.82) is 0 Å². The van der Waals surface area contributed by atoms with E-state index < -0.39 is 53.2 Å². The van der Waals surface area contributed by atoms with E-state index in [1.54, 1.807) is 6.92 Å². The summed E-state index contributed by atoms with van der Waals surface area (Å²) in [6.45, 7) is 2.63. The van der Waals surface area contributed by atoms with Gasteiger partial charge in [0, 0.05) is 24.1 Å². The molecule has 0 radical (unpaired) electrons. The molecule has 170 valence electrons. The van der Waals surface area contributed by atoms with Crippen LogP contribution in [-0.4, -0.2) is 41.8 Å². The molecule has 0 spiro atoms. The molecule has 30 heavy (non-hydrogen) atoms. The number of rotatable bonds is 8. The summed E-state index contributed by atoms with van der Waals surface area (Å²) in [5.74, 6) is -0.452. The van der Waals surface area contributed by atoms with E-state index in [0.717, 1.165) is 0 Å². The van der Waals surface area contributed by atoms with Crippen molar-refractivity contribution < 1.29 is 51.2 Å². The minimum atomic E-state index is -5.61. The fourth-order valence-corrected chi connectivity index (χ4v) is 6.49. The van der Waals surface area contributed by atoms with Gasteiger partial charge in [-0.1, -0.05) is 6.92 Å². The Bertz CT molecular complexity index is 1110. The Balaban J connectivity index is 1.68. The van der Waals surface area contributed by atoms with Crippen molar-refractivity contribution in [1.82, 2.24) is 9.55 Å². The number of nitrogens with zero attached hydrogens (tertiary/aromatic N) is 1. The molecule has 2 aliphatic rings. The first-order chi connectivity index (χ1) is 13.6. The molecule has 0 bridgehead atoms. The fourth-order valence-electron chi connectivity index (χ4n) is 3.46. The third kappa shape index (κ3) is 4.93. The Labute approximate surface area is 168 Å². The van der Waals surface area contributed by atoms with Crippen LogP contribution in [0.25, 0.3) is 0 Å². The van der Waals surface area contributed by atoms with Gasteiger partial charge in [-0.3, -0.25) is 18.9 Å². The molecule has 15 nitrogen and oxygen atoms in total. The van der Waals surface area contributed by atoms with Crippen LogP contribution >= 0.6 is 23.5 Å². The molecule has 2 heterocycles. The highest BCUT2D eigenvalue weighted by atomic mass is 31.3. The molecule has 1 aromatic rings. The highest BCUT2D eigenvalue weighted by Gasteiger charge is 2.68. The highest BCUT2D eigenvalue weighted by molar-refractivity contribution is 7.66. The number of ether oxygens (including phenoxy) is 1. The third-order valence-electron chi connectivity index (χ3n) is 4.85. The Hall–Kier alpha value is -0.950. The minimum Gasteiger partial charge on any atom is -0.349 e. The van der Waals surface area contributed by atoms with Gasteiger partial charge in [-0.05, 0) is 12.8 Å². The van der Waals surface area contributed by atoms with Gasteiger partial charge in [0.1, 0.15) is 0 Å². The van der Waals surface area contributed by atoms with Gasteiger partial charge >= 0.3 is 29.2 Å². The number of aryl methyl sites for hydroxylation is 1. The van der Waals surface area contributed by atoms with Crippen LogP contribution in [0.4, 0.5) is 0 Å². The third-order valence-corrected chi connectivity index (χ3v) is 8.66. The molecule has 3 unspecified atom stereocenters. The van der Waals surface area contributed by atoms with Crippen LogP contribution in [0.5, 0.6) is 0 Å². The standard InChI is InChI=1S/C12H19N2O13P3/c1-6-4-14(11(16)13-10(6)15)12-3-8(12)7(2)9(25-12)5-24-29(20,21)27-30(22,23)26-28(17,18)19/h4,7-9H,3,5H2,1-2H3,(H,20,21)(H,22,23)(H,13,15,16)(H2,17,18,19)/t7-,8?,9+,12+/m0/s1. The molecular weight excluding hydrogens is 473 g/mol. The zero-order chi connectivity index (χ0) is 22.7. The predicted molar refractivity (Wildman–Crippen MR) is 96.0 cm³/mol. The van der Waals surface area contributed by atoms with Crippen molar-refractivity contribution in [3.05, 3.63) is 32.6 Å². The SMILES string of the molecule is Cc1cn([C@@]23CC2[C@H](C)[C@@H](COP(=O)(O)OP(=O)(O)OP(=O)(O)O)O3)c(=O)[nH]c1=O. The van der Waals surface area contributed by atoms with Crippen molar-refractivity contribution >= 4 is 23.5 Å². The molecule has 1 saturated heterocycles. The smallest absolute Gasteiger partial charge is 0.349 e. The molecule has 6 atom stereocenters. The number of aromatic amines is 1. The molecule has 3 rings (SSSR count). The fraction of sp³-hybridized carbons (Fsp3) is 0.667. The van der Waals surface area contributed by atoms with E-state index in [0.29, 0.717) is 6.42 Å². The second-order valence-electron chi connectivity index (χ2n) is 7.00. The van der Waals surface area contributed by atoms with Crippen molar-refractivity contribution in [3.63, 3.8) is 0 Å². The van der Waals surface area contributed by atoms with E-state index in [1.165, 1.54) is 17.7 Å². The number of hydrogen-bond donors (Lipinski definition) is 5. The first kappa shape index (κ1) is 23.7. The topological polar surface area (TPSA) is 224 Å². The molecule has 2 fully saturated rings. The van der Waals surface area contributed by atoms with Crippen LogP contribution < -0.4 is 11.2 Å². The first-order valence-corrected chi connectivity index (χ1v) is 12.9. The van der Waals surface area contributed by atoms with Crippen LogP contribution in [0.3, 0.4) is 0 Å². The normalized spacial score (nSPS) is 32.3. The lowest BCUT2D eigenvalue weighted by molar-refractivity contribution is -0.0732. The minimum absolute atomic E-state index is 0.171. The van der Waals surface area contributed by atoms with Crippen molar-refractivity contribution in [2.45, 2.75) is 32.1 Å². The van der Waals surface area contributed by atoms with Gasteiger partial charge in [-0.25, -0.2) is 18.5 Å². The van der Waals surface area contributed by atoms with Gasteiger partial charge in [0.2, 0.25) is 0 Å². The van der Waals surface area contributed by atoms with Crippen molar-refractivity contribution in [2.24, 2.45) is 11.8 Å². The van der Waals surface area contributed by atoms with Crippen LogP contribution in [0, 0.1) is 18.8 Å². The molecule has 1 saturated carbocycles. The largest absolute Gasteiger partial charge is 0.490 e. The Morgan fingerprint density at radius 3 is 2.43 bits per heavy atom. The molecule has 1 aliphatic heterocycles. The van der Waals surface area contributed by atoms with E-state index in [9.17, 15) is 28.2 Å². The number of phosphoric ester groups is 1. The average Bonchev–Trinajstić information content (AvgIpc) is 3.19. The number of fused-ring (bicyclic) bond motifs is 1. The summed E-state index contributed by atoms with van der Waals surface area (Å²) >= 11 is 0. The maximum atomic E-state index is 12.2.